The molecule has 0 N–H and O–H groups in total. The summed E-state index contributed by atoms with van der Waals surface area (Å²) in [4.78, 5) is 4.13. The normalized spacial score (nSPS) is 10.1. The summed E-state index contributed by atoms with van der Waals surface area (Å²) in [5, 5.41) is 0. The molecule has 0 saturated carbocycles. The van der Waals surface area contributed by atoms with Crippen LogP contribution < -0.4 is 4.74 Å². The fraction of sp³-hybridized carbons (Fsp3) is 0.500. The first-order chi connectivity index (χ1) is 6.86. The zero-order valence-corrected chi connectivity index (χ0v) is 9.77. The highest BCUT2D eigenvalue weighted by Gasteiger charge is 1.95. The fourth-order valence-electron chi connectivity index (χ4n) is 0.969. The second kappa shape index (κ2) is 6.96. The molecule has 1 heterocycles. The van der Waals surface area contributed by atoms with Gasteiger partial charge in [0.05, 0.1) is 24.4 Å². The minimum Gasteiger partial charge on any atom is -0.492 e. The number of thioether (sulfide) groups is 1. The Hall–Kier alpha value is -0.410. The van der Waals surface area contributed by atoms with Gasteiger partial charge in [0.25, 0.3) is 0 Å². The third-order valence-corrected chi connectivity index (χ3v) is 2.67. The van der Waals surface area contributed by atoms with Gasteiger partial charge in [-0.25, -0.2) is 0 Å². The lowest BCUT2D eigenvalue weighted by atomic mass is 10.4. The van der Waals surface area contributed by atoms with Crippen molar-refractivity contribution in [3.63, 3.8) is 0 Å². The van der Waals surface area contributed by atoms with Crippen molar-refractivity contribution in [2.45, 2.75) is 12.3 Å². The Morgan fingerprint density at radius 3 is 2.93 bits per heavy atom. The smallest absolute Gasteiger partial charge is 0.137 e. The lowest BCUT2D eigenvalue weighted by Gasteiger charge is -2.04. The van der Waals surface area contributed by atoms with Crippen LogP contribution in [0, 0.1) is 0 Å². The summed E-state index contributed by atoms with van der Waals surface area (Å²) in [6.07, 6.45) is 4.88. The zero-order valence-electron chi connectivity index (χ0n) is 8.20. The van der Waals surface area contributed by atoms with Gasteiger partial charge in [0.1, 0.15) is 5.75 Å². The Bertz CT molecular complexity index is 253. The number of nitrogens with zero attached hydrogens (tertiary/aromatic N) is 1. The number of alkyl halides is 1. The van der Waals surface area contributed by atoms with Gasteiger partial charge in [-0.3, -0.25) is 4.98 Å². The van der Waals surface area contributed by atoms with Crippen LogP contribution in [0.3, 0.4) is 0 Å². The van der Waals surface area contributed by atoms with Gasteiger partial charge in [-0.2, -0.15) is 11.8 Å². The molecule has 78 valence electrons. The van der Waals surface area contributed by atoms with Crippen LogP contribution in [0.25, 0.3) is 0 Å². The van der Waals surface area contributed by atoms with Crippen LogP contribution in [0.5, 0.6) is 5.75 Å². The fourth-order valence-corrected chi connectivity index (χ4v) is 1.53. The number of rotatable bonds is 6. The highest BCUT2D eigenvalue weighted by atomic mass is 35.5. The molecule has 0 unspecified atom stereocenters. The van der Waals surface area contributed by atoms with Crippen molar-refractivity contribution in [1.29, 1.82) is 0 Å². The molecule has 2 nitrogen and oxygen atoms in total. The summed E-state index contributed by atoms with van der Waals surface area (Å²) in [5.41, 5.74) is 0.878. The number of ether oxygens (including phenoxy) is 1. The van der Waals surface area contributed by atoms with Crippen molar-refractivity contribution in [3.05, 3.63) is 24.0 Å². The van der Waals surface area contributed by atoms with E-state index in [9.17, 15) is 0 Å². The van der Waals surface area contributed by atoms with Gasteiger partial charge in [-0.15, -0.1) is 11.6 Å². The van der Waals surface area contributed by atoms with Gasteiger partial charge in [-0.05, 0) is 30.6 Å². The molecule has 4 heteroatoms. The second-order valence-corrected chi connectivity index (χ2v) is 4.07. The lowest BCUT2D eigenvalue weighted by Crippen LogP contribution is -1.99. The minimum atomic E-state index is 0.451. The Kier molecular flexibility index (Phi) is 5.80. The van der Waals surface area contributed by atoms with Gasteiger partial charge >= 0.3 is 0 Å². The van der Waals surface area contributed by atoms with Crippen LogP contribution >= 0.6 is 23.4 Å². The Labute approximate surface area is 94.0 Å². The molecule has 14 heavy (non-hydrogen) atoms. The lowest BCUT2D eigenvalue weighted by molar-refractivity contribution is 0.317. The SMILES string of the molecule is CSCCCOc1ccc(CCl)nc1. The van der Waals surface area contributed by atoms with E-state index in [0.717, 1.165) is 30.2 Å². The first-order valence-electron chi connectivity index (χ1n) is 4.49. The molecule has 0 atom stereocenters. The molecule has 0 aliphatic heterocycles. The van der Waals surface area contributed by atoms with E-state index in [1.165, 1.54) is 0 Å². The van der Waals surface area contributed by atoms with E-state index in [-0.39, 0.29) is 0 Å². The topological polar surface area (TPSA) is 22.1 Å². The molecule has 0 amide bonds. The Morgan fingerprint density at radius 1 is 1.50 bits per heavy atom. The van der Waals surface area contributed by atoms with Crippen molar-refractivity contribution in [1.82, 2.24) is 4.98 Å². The molecule has 0 fully saturated rings. The molecule has 1 rings (SSSR count). The predicted octanol–water partition coefficient (Wildman–Crippen LogP) is 2.95. The van der Waals surface area contributed by atoms with Crippen LogP contribution in [-0.2, 0) is 5.88 Å². The number of hydrogen-bond acceptors (Lipinski definition) is 3. The Morgan fingerprint density at radius 2 is 2.36 bits per heavy atom. The molecule has 0 bridgehead atoms. The predicted molar refractivity (Wildman–Crippen MR) is 62.3 cm³/mol. The minimum absolute atomic E-state index is 0.451. The van der Waals surface area contributed by atoms with Crippen LogP contribution in [0.1, 0.15) is 12.1 Å². The van der Waals surface area contributed by atoms with Crippen LogP contribution in [0.2, 0.25) is 0 Å². The third-order valence-electron chi connectivity index (χ3n) is 1.70. The van der Waals surface area contributed by atoms with Crippen LogP contribution in [0.15, 0.2) is 18.3 Å². The number of pyridine rings is 1. The van der Waals surface area contributed by atoms with Crippen LogP contribution in [0.4, 0.5) is 0 Å². The summed E-state index contributed by atoms with van der Waals surface area (Å²) < 4.78 is 5.49. The molecule has 0 saturated heterocycles. The van der Waals surface area contributed by atoms with Gasteiger partial charge in [0.15, 0.2) is 0 Å². The van der Waals surface area contributed by atoms with Crippen molar-refractivity contribution >= 4 is 23.4 Å². The first kappa shape index (κ1) is 11.7. The van der Waals surface area contributed by atoms with E-state index in [4.69, 9.17) is 16.3 Å². The average Bonchev–Trinajstić information content (AvgIpc) is 2.25. The van der Waals surface area contributed by atoms with E-state index in [2.05, 4.69) is 11.2 Å². The highest BCUT2D eigenvalue weighted by molar-refractivity contribution is 7.98. The van der Waals surface area contributed by atoms with Crippen LogP contribution in [-0.4, -0.2) is 23.6 Å². The van der Waals surface area contributed by atoms with Gasteiger partial charge in [0, 0.05) is 0 Å². The number of halogens is 1. The summed E-state index contributed by atoms with van der Waals surface area (Å²) >= 11 is 7.45. The van der Waals surface area contributed by atoms with E-state index in [1.54, 1.807) is 6.20 Å². The molecule has 1 aromatic rings. The van der Waals surface area contributed by atoms with Crippen molar-refractivity contribution < 1.29 is 4.74 Å². The quantitative estimate of drug-likeness (QED) is 0.555. The summed E-state index contributed by atoms with van der Waals surface area (Å²) in [6.45, 7) is 0.753. The molecule has 1 aromatic heterocycles. The largest absolute Gasteiger partial charge is 0.492 e. The standard InChI is InChI=1S/C10H14ClNOS/c1-14-6-2-5-13-10-4-3-9(7-11)12-8-10/h3-4,8H,2,5-7H2,1H3. The molecular weight excluding hydrogens is 218 g/mol. The molecular formula is C10H14ClNOS. The summed E-state index contributed by atoms with van der Waals surface area (Å²) in [6, 6.07) is 3.79. The summed E-state index contributed by atoms with van der Waals surface area (Å²) in [5.74, 6) is 2.40. The Balaban J connectivity index is 2.29. The monoisotopic (exact) mass is 231 g/mol. The number of aromatic nitrogens is 1. The van der Waals surface area contributed by atoms with Crippen molar-refractivity contribution in [2.24, 2.45) is 0 Å². The zero-order chi connectivity index (χ0) is 10.2. The highest BCUT2D eigenvalue weighted by Crippen LogP contribution is 2.10. The third kappa shape index (κ3) is 4.20. The van der Waals surface area contributed by atoms with Gasteiger partial charge < -0.3 is 4.74 Å². The molecule has 0 spiro atoms. The second-order valence-electron chi connectivity index (χ2n) is 2.81. The van der Waals surface area contributed by atoms with E-state index < -0.39 is 0 Å². The average molecular weight is 232 g/mol. The van der Waals surface area contributed by atoms with Gasteiger partial charge in [-0.1, -0.05) is 0 Å². The maximum absolute atomic E-state index is 5.62. The molecule has 0 aliphatic rings. The van der Waals surface area contributed by atoms with E-state index >= 15 is 0 Å². The van der Waals surface area contributed by atoms with E-state index in [1.807, 2.05) is 23.9 Å². The number of hydrogen-bond donors (Lipinski definition) is 0. The first-order valence-corrected chi connectivity index (χ1v) is 6.42. The maximum atomic E-state index is 5.62. The maximum Gasteiger partial charge on any atom is 0.137 e. The molecule has 0 radical (unpaired) electrons. The van der Waals surface area contributed by atoms with E-state index in [0.29, 0.717) is 5.88 Å². The van der Waals surface area contributed by atoms with Crippen molar-refractivity contribution in [2.75, 3.05) is 18.6 Å². The molecule has 0 aromatic carbocycles. The molecule has 0 aliphatic carbocycles. The van der Waals surface area contributed by atoms with Crippen molar-refractivity contribution in [3.8, 4) is 5.75 Å². The van der Waals surface area contributed by atoms with Gasteiger partial charge in [0.2, 0.25) is 0 Å². The summed E-state index contributed by atoms with van der Waals surface area (Å²) in [7, 11) is 0.